The fourth-order valence-corrected chi connectivity index (χ4v) is 3.44. The van der Waals surface area contributed by atoms with Crippen molar-refractivity contribution in [1.29, 1.82) is 0 Å². The number of amides is 1. The van der Waals surface area contributed by atoms with Gasteiger partial charge in [0.15, 0.2) is 5.58 Å². The van der Waals surface area contributed by atoms with Crippen LogP contribution >= 0.6 is 11.6 Å². The van der Waals surface area contributed by atoms with Gasteiger partial charge in [-0.15, -0.1) is 0 Å². The Balaban J connectivity index is 1.65. The molecule has 0 radical (unpaired) electrons. The first kappa shape index (κ1) is 18.5. The van der Waals surface area contributed by atoms with Crippen molar-refractivity contribution in [1.82, 2.24) is 9.47 Å². The van der Waals surface area contributed by atoms with Crippen LogP contribution in [0.2, 0.25) is 5.02 Å². The van der Waals surface area contributed by atoms with Gasteiger partial charge in [0.25, 0.3) is 0 Å². The number of likely N-dealkylation sites (tertiary alicyclic amines) is 1. The number of hydrogen-bond donors (Lipinski definition) is 0. The Hall–Kier alpha value is -2.28. The number of aryl methyl sites for hydroxylation is 1. The second kappa shape index (κ2) is 7.95. The normalized spacial score (nSPS) is 17.5. The number of benzene rings is 1. The topological polar surface area (TPSA) is 81.8 Å². The quantitative estimate of drug-likeness (QED) is 0.744. The summed E-state index contributed by atoms with van der Waals surface area (Å²) in [6, 6.07) is 4.95. The molecule has 1 aliphatic rings. The fourth-order valence-electron chi connectivity index (χ4n) is 3.27. The van der Waals surface area contributed by atoms with E-state index in [9.17, 15) is 14.4 Å². The molecule has 1 aromatic carbocycles. The van der Waals surface area contributed by atoms with Crippen molar-refractivity contribution < 1.29 is 18.7 Å². The number of esters is 1. The van der Waals surface area contributed by atoms with Crippen molar-refractivity contribution in [2.24, 2.45) is 5.92 Å². The summed E-state index contributed by atoms with van der Waals surface area (Å²) in [5.74, 6) is -1.13. The largest absolute Gasteiger partial charge is 0.466 e. The number of nitrogens with zero attached hydrogens (tertiary/aromatic N) is 2. The molecule has 3 rings (SSSR count). The SMILES string of the molecule is CCOC(=O)[C@H]1CCCN(C(=O)CCn2c(=O)oc3cc(Cl)ccc32)C1. The van der Waals surface area contributed by atoms with E-state index in [1.165, 1.54) is 4.57 Å². The van der Waals surface area contributed by atoms with Crippen molar-refractivity contribution in [2.45, 2.75) is 32.7 Å². The van der Waals surface area contributed by atoms with Gasteiger partial charge in [-0.25, -0.2) is 4.79 Å². The van der Waals surface area contributed by atoms with Crippen LogP contribution in [-0.4, -0.2) is 41.0 Å². The highest BCUT2D eigenvalue weighted by Crippen LogP contribution is 2.20. The van der Waals surface area contributed by atoms with E-state index >= 15 is 0 Å². The Morgan fingerprint density at radius 1 is 1.38 bits per heavy atom. The van der Waals surface area contributed by atoms with Crippen molar-refractivity contribution in [3.8, 4) is 0 Å². The maximum Gasteiger partial charge on any atom is 0.419 e. The number of carbonyl (C=O) groups excluding carboxylic acids is 2. The van der Waals surface area contributed by atoms with Crippen LogP contribution in [-0.2, 0) is 20.9 Å². The lowest BCUT2D eigenvalue weighted by atomic mass is 9.98. The lowest BCUT2D eigenvalue weighted by molar-refractivity contribution is -0.151. The Bertz CT molecular complexity index is 872. The Morgan fingerprint density at radius 2 is 2.19 bits per heavy atom. The predicted molar refractivity (Wildman–Crippen MR) is 96.0 cm³/mol. The highest BCUT2D eigenvalue weighted by atomic mass is 35.5. The average Bonchev–Trinajstić information content (AvgIpc) is 2.94. The molecule has 8 heteroatoms. The first-order valence-electron chi connectivity index (χ1n) is 8.73. The van der Waals surface area contributed by atoms with Gasteiger partial charge in [0, 0.05) is 37.1 Å². The number of carbonyl (C=O) groups is 2. The molecule has 0 bridgehead atoms. The molecule has 0 saturated carbocycles. The molecule has 0 aliphatic carbocycles. The summed E-state index contributed by atoms with van der Waals surface area (Å²) < 4.78 is 11.7. The Kier molecular flexibility index (Phi) is 5.66. The molecule has 1 amide bonds. The van der Waals surface area contributed by atoms with Crippen molar-refractivity contribution in [2.75, 3.05) is 19.7 Å². The molecule has 1 atom stereocenters. The monoisotopic (exact) mass is 380 g/mol. The zero-order chi connectivity index (χ0) is 18.7. The summed E-state index contributed by atoms with van der Waals surface area (Å²) in [5.41, 5.74) is 1.01. The lowest BCUT2D eigenvalue weighted by Crippen LogP contribution is -2.43. The molecule has 26 heavy (non-hydrogen) atoms. The molecular weight excluding hydrogens is 360 g/mol. The van der Waals surface area contributed by atoms with E-state index in [2.05, 4.69) is 0 Å². The molecule has 1 saturated heterocycles. The molecule has 1 fully saturated rings. The van der Waals surface area contributed by atoms with Gasteiger partial charge in [0.05, 0.1) is 18.0 Å². The minimum Gasteiger partial charge on any atom is -0.466 e. The lowest BCUT2D eigenvalue weighted by Gasteiger charge is -2.31. The summed E-state index contributed by atoms with van der Waals surface area (Å²) in [5, 5.41) is 0.479. The van der Waals surface area contributed by atoms with Gasteiger partial charge in [-0.2, -0.15) is 0 Å². The molecule has 2 aromatic rings. The minimum absolute atomic E-state index is 0.0887. The number of rotatable bonds is 5. The Morgan fingerprint density at radius 3 is 2.96 bits per heavy atom. The first-order valence-corrected chi connectivity index (χ1v) is 9.10. The fraction of sp³-hybridized carbons (Fsp3) is 0.500. The second-order valence-corrected chi connectivity index (χ2v) is 6.75. The number of fused-ring (bicyclic) bond motifs is 1. The molecular formula is C18H21ClN2O5. The number of piperidine rings is 1. The number of ether oxygens (including phenoxy) is 1. The van der Waals surface area contributed by atoms with Crippen molar-refractivity contribution >= 4 is 34.6 Å². The van der Waals surface area contributed by atoms with E-state index < -0.39 is 5.76 Å². The van der Waals surface area contributed by atoms with Gasteiger partial charge in [0.1, 0.15) is 0 Å². The average molecular weight is 381 g/mol. The third-order valence-corrected chi connectivity index (χ3v) is 4.81. The van der Waals surface area contributed by atoms with E-state index in [4.69, 9.17) is 20.8 Å². The summed E-state index contributed by atoms with van der Waals surface area (Å²) in [7, 11) is 0. The number of aromatic nitrogens is 1. The van der Waals surface area contributed by atoms with Crippen LogP contribution in [0.15, 0.2) is 27.4 Å². The zero-order valence-corrected chi connectivity index (χ0v) is 15.3. The third-order valence-electron chi connectivity index (χ3n) is 4.57. The molecule has 7 nitrogen and oxygen atoms in total. The summed E-state index contributed by atoms with van der Waals surface area (Å²) in [6.45, 7) is 3.31. The maximum absolute atomic E-state index is 12.5. The van der Waals surface area contributed by atoms with Gasteiger partial charge < -0.3 is 14.1 Å². The molecule has 0 spiro atoms. The van der Waals surface area contributed by atoms with Gasteiger partial charge >= 0.3 is 11.7 Å². The number of hydrogen-bond acceptors (Lipinski definition) is 5. The van der Waals surface area contributed by atoms with Gasteiger partial charge in [-0.05, 0) is 31.9 Å². The maximum atomic E-state index is 12.5. The molecule has 1 aromatic heterocycles. The molecule has 0 N–H and O–H groups in total. The van der Waals surface area contributed by atoms with Crippen LogP contribution in [0.5, 0.6) is 0 Å². The van der Waals surface area contributed by atoms with E-state index in [1.54, 1.807) is 30.0 Å². The van der Waals surface area contributed by atoms with Gasteiger partial charge in [-0.3, -0.25) is 14.2 Å². The Labute approximate surface area is 155 Å². The van der Waals surface area contributed by atoms with Crippen LogP contribution in [0.3, 0.4) is 0 Å². The zero-order valence-electron chi connectivity index (χ0n) is 14.6. The second-order valence-electron chi connectivity index (χ2n) is 6.31. The minimum atomic E-state index is -0.516. The highest BCUT2D eigenvalue weighted by molar-refractivity contribution is 6.31. The van der Waals surface area contributed by atoms with Crippen LogP contribution in [0.25, 0.3) is 11.1 Å². The van der Waals surface area contributed by atoms with Crippen LogP contribution in [0.1, 0.15) is 26.2 Å². The summed E-state index contributed by atoms with van der Waals surface area (Å²) in [6.07, 6.45) is 1.66. The third kappa shape index (κ3) is 3.93. The first-order chi connectivity index (χ1) is 12.5. The van der Waals surface area contributed by atoms with Crippen LogP contribution in [0.4, 0.5) is 0 Å². The van der Waals surface area contributed by atoms with E-state index in [-0.39, 0.29) is 30.8 Å². The van der Waals surface area contributed by atoms with E-state index in [1.807, 2.05) is 0 Å². The van der Waals surface area contributed by atoms with Crippen molar-refractivity contribution in [3.63, 3.8) is 0 Å². The standard InChI is InChI=1S/C18H21ClN2O5/c1-2-25-17(23)12-4-3-8-20(11-12)16(22)7-9-21-14-6-5-13(19)10-15(14)26-18(21)24/h5-6,10,12H,2-4,7-9,11H2,1H3/t12-/m0/s1. The predicted octanol–water partition coefficient (Wildman–Crippen LogP) is 2.44. The highest BCUT2D eigenvalue weighted by Gasteiger charge is 2.29. The molecule has 2 heterocycles. The smallest absolute Gasteiger partial charge is 0.419 e. The van der Waals surface area contributed by atoms with Gasteiger partial charge in [0.2, 0.25) is 5.91 Å². The summed E-state index contributed by atoms with van der Waals surface area (Å²) >= 11 is 5.90. The van der Waals surface area contributed by atoms with Crippen LogP contribution < -0.4 is 5.76 Å². The van der Waals surface area contributed by atoms with Crippen LogP contribution in [0, 0.1) is 5.92 Å². The molecule has 1 aliphatic heterocycles. The van der Waals surface area contributed by atoms with E-state index in [0.717, 1.165) is 12.8 Å². The number of oxazole rings is 1. The van der Waals surface area contributed by atoms with E-state index in [0.29, 0.717) is 35.8 Å². The van der Waals surface area contributed by atoms with Gasteiger partial charge in [-0.1, -0.05) is 11.6 Å². The molecule has 0 unspecified atom stereocenters. The summed E-state index contributed by atoms with van der Waals surface area (Å²) in [4.78, 5) is 38.1. The van der Waals surface area contributed by atoms with Crippen molar-refractivity contribution in [3.05, 3.63) is 33.8 Å². The molecule has 140 valence electrons. The number of halogens is 1.